The minimum absolute atomic E-state index is 0.118. The summed E-state index contributed by atoms with van der Waals surface area (Å²) in [6.07, 6.45) is 0. The van der Waals surface area contributed by atoms with Crippen LogP contribution in [0, 0.1) is 0 Å². The molecule has 0 bridgehead atoms. The van der Waals surface area contributed by atoms with Gasteiger partial charge in [0.05, 0.1) is 12.2 Å². The van der Waals surface area contributed by atoms with Gasteiger partial charge in [-0.2, -0.15) is 0 Å². The van der Waals surface area contributed by atoms with E-state index in [4.69, 9.17) is 15.2 Å². The number of ether oxygens (including phenoxy) is 2. The SMILES string of the molecule is CCOc1ccccc1OCNC(=O)NC(=O)c1ccccc1N. The second-order valence-electron chi connectivity index (χ2n) is 4.72. The molecule has 0 aliphatic heterocycles. The molecule has 0 saturated carbocycles. The van der Waals surface area contributed by atoms with Gasteiger partial charge in [0.2, 0.25) is 0 Å². The number of benzene rings is 2. The summed E-state index contributed by atoms with van der Waals surface area (Å²) in [5.74, 6) is 0.494. The molecular formula is C17H19N3O4. The third-order valence-electron chi connectivity index (χ3n) is 3.04. The Balaban J connectivity index is 1.84. The fraction of sp³-hybridized carbons (Fsp3) is 0.176. The van der Waals surface area contributed by atoms with Crippen molar-refractivity contribution in [1.29, 1.82) is 0 Å². The van der Waals surface area contributed by atoms with Gasteiger partial charge in [0, 0.05) is 5.69 Å². The number of nitrogens with two attached hydrogens (primary N) is 1. The molecule has 0 unspecified atom stereocenters. The van der Waals surface area contributed by atoms with Crippen LogP contribution in [-0.2, 0) is 0 Å². The van der Waals surface area contributed by atoms with E-state index in [1.54, 1.807) is 36.4 Å². The number of para-hydroxylation sites is 3. The highest BCUT2D eigenvalue weighted by atomic mass is 16.5. The van der Waals surface area contributed by atoms with Crippen LogP contribution in [0.1, 0.15) is 17.3 Å². The van der Waals surface area contributed by atoms with Gasteiger partial charge in [0.15, 0.2) is 18.2 Å². The van der Waals surface area contributed by atoms with Crippen LogP contribution in [0.5, 0.6) is 11.5 Å². The van der Waals surface area contributed by atoms with E-state index in [-0.39, 0.29) is 12.3 Å². The Kier molecular flexibility index (Phi) is 6.01. The second-order valence-corrected chi connectivity index (χ2v) is 4.72. The minimum Gasteiger partial charge on any atom is -0.490 e. The molecule has 0 aromatic heterocycles. The largest absolute Gasteiger partial charge is 0.490 e. The maximum absolute atomic E-state index is 11.9. The lowest BCUT2D eigenvalue weighted by molar-refractivity contribution is 0.0963. The number of urea groups is 1. The molecule has 0 spiro atoms. The molecule has 2 aromatic rings. The molecule has 0 fully saturated rings. The first-order valence-electron chi connectivity index (χ1n) is 7.40. The number of anilines is 1. The van der Waals surface area contributed by atoms with Crippen LogP contribution in [0.2, 0.25) is 0 Å². The highest BCUT2D eigenvalue weighted by Gasteiger charge is 2.12. The van der Waals surface area contributed by atoms with Gasteiger partial charge in [0.1, 0.15) is 0 Å². The summed E-state index contributed by atoms with van der Waals surface area (Å²) in [6, 6.07) is 12.9. The van der Waals surface area contributed by atoms with Gasteiger partial charge in [-0.3, -0.25) is 10.1 Å². The number of hydrogen-bond acceptors (Lipinski definition) is 5. The van der Waals surface area contributed by atoms with Crippen molar-refractivity contribution in [3.8, 4) is 11.5 Å². The standard InChI is InChI=1S/C17H19N3O4/c1-2-23-14-9-5-6-10-15(14)24-11-19-17(22)20-16(21)12-7-3-4-8-13(12)18/h3-10H,2,11,18H2,1H3,(H2,19,20,21,22). The van der Waals surface area contributed by atoms with Gasteiger partial charge in [-0.25, -0.2) is 4.79 Å². The molecule has 0 heterocycles. The van der Waals surface area contributed by atoms with Crippen molar-refractivity contribution >= 4 is 17.6 Å². The van der Waals surface area contributed by atoms with Crippen molar-refractivity contribution in [2.45, 2.75) is 6.92 Å². The number of hydrogen-bond donors (Lipinski definition) is 3. The monoisotopic (exact) mass is 329 g/mol. The molecule has 0 radical (unpaired) electrons. The molecule has 126 valence electrons. The zero-order chi connectivity index (χ0) is 17.4. The molecule has 4 N–H and O–H groups in total. The quantitative estimate of drug-likeness (QED) is 0.556. The molecule has 0 aliphatic rings. The predicted octanol–water partition coefficient (Wildman–Crippen LogP) is 2.14. The Morgan fingerprint density at radius 2 is 1.62 bits per heavy atom. The van der Waals surface area contributed by atoms with E-state index < -0.39 is 11.9 Å². The number of nitrogen functional groups attached to an aromatic ring is 1. The van der Waals surface area contributed by atoms with Crippen LogP contribution < -0.4 is 25.8 Å². The van der Waals surface area contributed by atoms with Gasteiger partial charge in [-0.05, 0) is 31.2 Å². The van der Waals surface area contributed by atoms with Crippen LogP contribution in [0.4, 0.5) is 10.5 Å². The van der Waals surface area contributed by atoms with Crippen molar-refractivity contribution in [1.82, 2.24) is 10.6 Å². The topological polar surface area (TPSA) is 103 Å². The number of amides is 3. The van der Waals surface area contributed by atoms with Gasteiger partial charge < -0.3 is 20.5 Å². The van der Waals surface area contributed by atoms with Crippen LogP contribution in [-0.4, -0.2) is 25.3 Å². The van der Waals surface area contributed by atoms with E-state index in [1.807, 2.05) is 13.0 Å². The predicted molar refractivity (Wildman–Crippen MR) is 90.0 cm³/mol. The molecule has 2 aromatic carbocycles. The summed E-state index contributed by atoms with van der Waals surface area (Å²) < 4.78 is 10.8. The zero-order valence-electron chi connectivity index (χ0n) is 13.2. The molecule has 3 amide bonds. The minimum atomic E-state index is -0.683. The highest BCUT2D eigenvalue weighted by Crippen LogP contribution is 2.25. The van der Waals surface area contributed by atoms with Crippen molar-refractivity contribution < 1.29 is 19.1 Å². The summed E-state index contributed by atoms with van der Waals surface area (Å²) in [5.41, 5.74) is 6.22. The molecule has 0 saturated heterocycles. The lowest BCUT2D eigenvalue weighted by Crippen LogP contribution is -2.41. The fourth-order valence-corrected chi connectivity index (χ4v) is 1.94. The van der Waals surface area contributed by atoms with Crippen LogP contribution in [0.25, 0.3) is 0 Å². The number of nitrogens with one attached hydrogen (secondary N) is 2. The third kappa shape index (κ3) is 4.64. The number of carbonyl (C=O) groups excluding carboxylic acids is 2. The van der Waals surface area contributed by atoms with E-state index in [9.17, 15) is 9.59 Å². The number of rotatable bonds is 6. The Morgan fingerprint density at radius 3 is 2.29 bits per heavy atom. The summed E-state index contributed by atoms with van der Waals surface area (Å²) >= 11 is 0. The molecule has 2 rings (SSSR count). The van der Waals surface area contributed by atoms with Crippen LogP contribution >= 0.6 is 0 Å². The zero-order valence-corrected chi connectivity index (χ0v) is 13.2. The summed E-state index contributed by atoms with van der Waals surface area (Å²) in [6.45, 7) is 2.25. The number of imide groups is 1. The van der Waals surface area contributed by atoms with Crippen molar-refractivity contribution in [2.75, 3.05) is 19.1 Å². The van der Waals surface area contributed by atoms with E-state index >= 15 is 0 Å². The highest BCUT2D eigenvalue weighted by molar-refractivity contribution is 6.07. The molecule has 24 heavy (non-hydrogen) atoms. The average Bonchev–Trinajstić information content (AvgIpc) is 2.57. The maximum atomic E-state index is 11.9. The van der Waals surface area contributed by atoms with E-state index in [1.165, 1.54) is 6.07 Å². The van der Waals surface area contributed by atoms with E-state index in [0.717, 1.165) is 0 Å². The fourth-order valence-electron chi connectivity index (χ4n) is 1.94. The van der Waals surface area contributed by atoms with Gasteiger partial charge in [-0.15, -0.1) is 0 Å². The second kappa shape index (κ2) is 8.42. The first-order valence-corrected chi connectivity index (χ1v) is 7.40. The lowest BCUT2D eigenvalue weighted by atomic mass is 10.2. The lowest BCUT2D eigenvalue weighted by Gasteiger charge is -2.12. The molecule has 7 nitrogen and oxygen atoms in total. The van der Waals surface area contributed by atoms with Crippen molar-refractivity contribution in [2.24, 2.45) is 0 Å². The summed E-state index contributed by atoms with van der Waals surface area (Å²) in [4.78, 5) is 23.7. The molecule has 0 atom stereocenters. The Hall–Kier alpha value is -3.22. The Labute approximate surface area is 139 Å². The van der Waals surface area contributed by atoms with Crippen molar-refractivity contribution in [3.05, 3.63) is 54.1 Å². The first kappa shape index (κ1) is 17.1. The maximum Gasteiger partial charge on any atom is 0.324 e. The molecule has 0 aliphatic carbocycles. The first-order chi connectivity index (χ1) is 11.6. The van der Waals surface area contributed by atoms with E-state index in [0.29, 0.717) is 23.8 Å². The Morgan fingerprint density at radius 1 is 1.00 bits per heavy atom. The third-order valence-corrected chi connectivity index (χ3v) is 3.04. The van der Waals surface area contributed by atoms with Gasteiger partial charge >= 0.3 is 6.03 Å². The molecule has 7 heteroatoms. The van der Waals surface area contributed by atoms with Crippen LogP contribution in [0.3, 0.4) is 0 Å². The van der Waals surface area contributed by atoms with Crippen molar-refractivity contribution in [3.63, 3.8) is 0 Å². The average molecular weight is 329 g/mol. The molecular weight excluding hydrogens is 310 g/mol. The number of carbonyl (C=O) groups is 2. The van der Waals surface area contributed by atoms with Gasteiger partial charge in [-0.1, -0.05) is 24.3 Å². The van der Waals surface area contributed by atoms with E-state index in [2.05, 4.69) is 10.6 Å². The summed E-state index contributed by atoms with van der Waals surface area (Å²) in [5, 5.41) is 4.61. The summed E-state index contributed by atoms with van der Waals surface area (Å²) in [7, 11) is 0. The van der Waals surface area contributed by atoms with Gasteiger partial charge in [0.25, 0.3) is 5.91 Å². The van der Waals surface area contributed by atoms with Crippen LogP contribution in [0.15, 0.2) is 48.5 Å². The smallest absolute Gasteiger partial charge is 0.324 e. The normalized spacial score (nSPS) is 9.88. The Bertz CT molecular complexity index is 718.